The molecule has 4 aromatic rings. The maximum atomic E-state index is 14.5. The molecule has 0 radical (unpaired) electrons. The number of hydrogen-bond donors (Lipinski definition) is 12. The summed E-state index contributed by atoms with van der Waals surface area (Å²) in [4.78, 5) is 126. The largest absolute Gasteiger partial charge is 0.370 e. The van der Waals surface area contributed by atoms with Crippen molar-refractivity contribution in [3.8, 4) is 0 Å². The van der Waals surface area contributed by atoms with Crippen molar-refractivity contribution in [2.45, 2.75) is 100 Å². The minimum Gasteiger partial charge on any atom is -0.370 e. The zero-order valence-electron chi connectivity index (χ0n) is 39.7. The average Bonchev–Trinajstić information content (AvgIpc) is 4.04. The number of nitrogens with two attached hydrogens (primary N) is 3. The maximum Gasteiger partial charge on any atom is 0.247 e. The van der Waals surface area contributed by atoms with Gasteiger partial charge in [0.05, 0.1) is 6.33 Å². The predicted molar refractivity (Wildman–Crippen MR) is 268 cm³/mol. The molecule has 1 fully saturated rings. The number of aliphatic imine (C=N–C) groups is 1. The molecule has 2 aromatic carbocycles. The second-order valence-corrected chi connectivity index (χ2v) is 17.4. The zero-order valence-corrected chi connectivity index (χ0v) is 39.7. The average molecular weight is 987 g/mol. The molecule has 1 aliphatic heterocycles. The molecule has 8 amide bonds. The molecule has 380 valence electrons. The van der Waals surface area contributed by atoms with E-state index >= 15 is 0 Å². The summed E-state index contributed by atoms with van der Waals surface area (Å²) in [6.07, 6.45) is 13.3. The number of primary amides is 1. The molecule has 1 aliphatic carbocycles. The van der Waals surface area contributed by atoms with Gasteiger partial charge in [0.2, 0.25) is 47.3 Å². The van der Waals surface area contributed by atoms with E-state index in [9.17, 15) is 38.4 Å². The summed E-state index contributed by atoms with van der Waals surface area (Å²) >= 11 is 0. The molecule has 15 N–H and O–H groups in total. The zero-order chi connectivity index (χ0) is 51.4. The van der Waals surface area contributed by atoms with Crippen LogP contribution in [-0.2, 0) is 57.6 Å². The van der Waals surface area contributed by atoms with Crippen molar-refractivity contribution in [2.24, 2.45) is 22.2 Å². The Morgan fingerprint density at radius 3 is 2.35 bits per heavy atom. The number of aromatic amines is 2. The molecular weight excluding hydrogens is 925 g/mol. The van der Waals surface area contributed by atoms with E-state index in [4.69, 9.17) is 17.2 Å². The Bertz CT molecular complexity index is 2670. The van der Waals surface area contributed by atoms with E-state index in [0.717, 1.165) is 16.5 Å². The number of rotatable bonds is 16. The van der Waals surface area contributed by atoms with Gasteiger partial charge in [-0.1, -0.05) is 72.8 Å². The summed E-state index contributed by atoms with van der Waals surface area (Å²) in [7, 11) is 0. The standard InChI is InChI=1S/C50H62N14O8/c51-44(67)39(25-32-27-57-35-15-8-7-14-34(32)35)62-47(70)38-21-23-55-42(65)20-18-37(59-43(66)19-17-30-10-3-1-4-11-30)46(69)64-41(26-33-28-54-29-58-33)49(72)63-40(24-31-12-5-2-6-13-31)48(71)60-36(45(68)61-38)16-9-22-56-50(52)53/h1-8,10-12,14-15,24,27-29,36-41,57H,9,13,16-23,25-26H2,(H2,51,67)(H,54,58)(H,55,65)(H,59,66)(H,60,71)(H,61,68)(H,62,70)(H,63,72)(H,64,69)(H4,52,53,56). The van der Waals surface area contributed by atoms with Gasteiger partial charge < -0.3 is 64.4 Å². The highest BCUT2D eigenvalue weighted by molar-refractivity contribution is 5.98. The third kappa shape index (κ3) is 16.3. The van der Waals surface area contributed by atoms with Crippen LogP contribution in [0.25, 0.3) is 10.9 Å². The van der Waals surface area contributed by atoms with Crippen molar-refractivity contribution >= 4 is 64.1 Å². The summed E-state index contributed by atoms with van der Waals surface area (Å²) < 4.78 is 0. The minimum absolute atomic E-state index is 0.000157. The van der Waals surface area contributed by atoms with Gasteiger partial charge in [0, 0.05) is 67.8 Å². The first-order chi connectivity index (χ1) is 34.7. The van der Waals surface area contributed by atoms with Gasteiger partial charge >= 0.3 is 0 Å². The Labute approximate surface area is 415 Å². The topological polar surface area (TPSA) is 356 Å². The Hall–Kier alpha value is -8.56. The smallest absolute Gasteiger partial charge is 0.247 e. The number of amides is 8. The van der Waals surface area contributed by atoms with E-state index in [1.165, 1.54) is 18.6 Å². The first kappa shape index (κ1) is 52.8. The van der Waals surface area contributed by atoms with E-state index < -0.39 is 83.5 Å². The van der Waals surface area contributed by atoms with Gasteiger partial charge in [0.1, 0.15) is 36.3 Å². The van der Waals surface area contributed by atoms with Crippen molar-refractivity contribution in [1.29, 1.82) is 0 Å². The van der Waals surface area contributed by atoms with Crippen LogP contribution < -0.4 is 54.4 Å². The second kappa shape index (κ2) is 26.4. The third-order valence-corrected chi connectivity index (χ3v) is 12.0. The fraction of sp³-hybridized carbons (Fsp3) is 0.360. The van der Waals surface area contributed by atoms with Crippen molar-refractivity contribution < 1.29 is 38.4 Å². The number of nitrogens with zero attached hydrogens (tertiary/aromatic N) is 2. The summed E-state index contributed by atoms with van der Waals surface area (Å²) in [5.74, 6) is -6.15. The van der Waals surface area contributed by atoms with Crippen LogP contribution in [-0.4, -0.2) is 118 Å². The molecule has 1 saturated heterocycles. The number of allylic oxidation sites excluding steroid dienone is 5. The van der Waals surface area contributed by atoms with Crippen LogP contribution in [0.1, 0.15) is 61.8 Å². The molecule has 3 heterocycles. The van der Waals surface area contributed by atoms with E-state index in [1.54, 1.807) is 18.3 Å². The van der Waals surface area contributed by atoms with Gasteiger partial charge in [-0.05, 0) is 67.4 Å². The fourth-order valence-corrected chi connectivity index (χ4v) is 8.15. The number of para-hydroxylation sites is 1. The van der Waals surface area contributed by atoms with Crippen LogP contribution in [0, 0.1) is 0 Å². The maximum absolute atomic E-state index is 14.5. The Morgan fingerprint density at radius 1 is 0.847 bits per heavy atom. The number of aromatic nitrogens is 3. The van der Waals surface area contributed by atoms with Crippen LogP contribution in [0.4, 0.5) is 0 Å². The first-order valence-electron chi connectivity index (χ1n) is 23.7. The molecule has 6 atom stereocenters. The minimum atomic E-state index is -1.44. The van der Waals surface area contributed by atoms with E-state index in [1.807, 2.05) is 66.7 Å². The van der Waals surface area contributed by atoms with Gasteiger partial charge in [0.15, 0.2) is 5.96 Å². The highest BCUT2D eigenvalue weighted by atomic mass is 16.2. The Balaban J connectivity index is 1.32. The number of imidazole rings is 1. The quantitative estimate of drug-likeness (QED) is 0.0386. The van der Waals surface area contributed by atoms with Crippen molar-refractivity contribution in [2.75, 3.05) is 13.1 Å². The molecule has 2 aliphatic rings. The number of carbonyl (C=O) groups excluding carboxylic acids is 8. The molecule has 0 bridgehead atoms. The predicted octanol–water partition coefficient (Wildman–Crippen LogP) is -0.501. The molecule has 22 nitrogen and oxygen atoms in total. The summed E-state index contributed by atoms with van der Waals surface area (Å²) in [5, 5.41) is 19.8. The number of benzene rings is 2. The summed E-state index contributed by atoms with van der Waals surface area (Å²) in [6, 6.07) is 8.52. The molecule has 2 aromatic heterocycles. The van der Waals surface area contributed by atoms with E-state index in [-0.39, 0.29) is 70.4 Å². The number of nitrogens with one attached hydrogen (secondary N) is 9. The highest BCUT2D eigenvalue weighted by Gasteiger charge is 2.34. The van der Waals surface area contributed by atoms with Crippen LogP contribution in [0.15, 0.2) is 114 Å². The van der Waals surface area contributed by atoms with Gasteiger partial charge in [-0.15, -0.1) is 0 Å². The summed E-state index contributed by atoms with van der Waals surface area (Å²) in [5.41, 5.74) is 20.4. The molecular formula is C50H62N14O8. The first-order valence-corrected chi connectivity index (χ1v) is 23.7. The molecule has 72 heavy (non-hydrogen) atoms. The molecule has 6 unspecified atom stereocenters. The number of carbonyl (C=O) groups is 8. The third-order valence-electron chi connectivity index (χ3n) is 12.0. The molecule has 6 rings (SSSR count). The SMILES string of the molecule is NC(=O)C(Cc1c[nH]c2ccccc12)NC(=O)C1CCNC(=O)CCC(NC(=O)CCc2ccccc2)C(=O)NC(Cc2cnc[nH]2)C(=O)NC(C=C2C=CC=CC2)C(=O)NC(CCCN=C(N)N)C(=O)N1. The normalized spacial score (nSPS) is 21.4. The Kier molecular flexibility index (Phi) is 19.4. The van der Waals surface area contributed by atoms with Crippen molar-refractivity contribution in [1.82, 2.24) is 52.2 Å². The molecule has 22 heteroatoms. The van der Waals surface area contributed by atoms with Gasteiger partial charge in [-0.2, -0.15) is 0 Å². The fourth-order valence-electron chi connectivity index (χ4n) is 8.15. The van der Waals surface area contributed by atoms with E-state index in [2.05, 4.69) is 57.2 Å². The van der Waals surface area contributed by atoms with Crippen molar-refractivity contribution in [3.05, 3.63) is 126 Å². The Morgan fingerprint density at radius 2 is 1.61 bits per heavy atom. The summed E-state index contributed by atoms with van der Waals surface area (Å²) in [6.45, 7) is -0.123. The molecule has 0 saturated carbocycles. The molecule has 0 spiro atoms. The highest BCUT2D eigenvalue weighted by Crippen LogP contribution is 2.20. The lowest BCUT2D eigenvalue weighted by Gasteiger charge is -2.27. The van der Waals surface area contributed by atoms with Crippen LogP contribution in [0.3, 0.4) is 0 Å². The van der Waals surface area contributed by atoms with Crippen LogP contribution in [0.5, 0.6) is 0 Å². The monoisotopic (exact) mass is 986 g/mol. The van der Waals surface area contributed by atoms with Crippen molar-refractivity contribution in [3.63, 3.8) is 0 Å². The number of fused-ring (bicyclic) bond motifs is 1. The lowest BCUT2D eigenvalue weighted by Crippen LogP contribution is -2.59. The number of hydrogen-bond acceptors (Lipinski definition) is 10. The van der Waals surface area contributed by atoms with Crippen LogP contribution >= 0.6 is 0 Å². The van der Waals surface area contributed by atoms with Gasteiger partial charge in [-0.3, -0.25) is 43.3 Å². The van der Waals surface area contributed by atoms with E-state index in [0.29, 0.717) is 29.7 Å². The van der Waals surface area contributed by atoms with Crippen LogP contribution in [0.2, 0.25) is 0 Å². The second-order valence-electron chi connectivity index (χ2n) is 17.4. The lowest BCUT2D eigenvalue weighted by atomic mass is 10.0. The number of aryl methyl sites for hydroxylation is 1. The van der Waals surface area contributed by atoms with Gasteiger partial charge in [0.25, 0.3) is 0 Å². The lowest BCUT2D eigenvalue weighted by molar-refractivity contribution is -0.135. The number of guanidine groups is 1. The number of H-pyrrole nitrogens is 2. The van der Waals surface area contributed by atoms with Gasteiger partial charge in [-0.25, -0.2) is 4.98 Å².